The van der Waals surface area contributed by atoms with Crippen molar-refractivity contribution in [2.45, 2.75) is 51.6 Å². The maximum absolute atomic E-state index is 13.7. The molecule has 1 fully saturated rings. The summed E-state index contributed by atoms with van der Waals surface area (Å²) < 4.78 is 46.1. The molecule has 1 amide bonds. The maximum atomic E-state index is 13.7. The number of carbonyl (C=O) groups is 1. The highest BCUT2D eigenvalue weighted by atomic mass is 19.4. The number of rotatable bonds is 3. The summed E-state index contributed by atoms with van der Waals surface area (Å²) in [7, 11) is 0. The summed E-state index contributed by atoms with van der Waals surface area (Å²) in [6, 6.07) is 4.23. The third-order valence-corrected chi connectivity index (χ3v) is 5.85. The summed E-state index contributed by atoms with van der Waals surface area (Å²) >= 11 is 0. The number of fused-ring (bicyclic) bond motifs is 1. The molecule has 1 aliphatic rings. The molecule has 0 aromatic carbocycles. The van der Waals surface area contributed by atoms with Crippen molar-refractivity contribution >= 4 is 17.0 Å². The van der Waals surface area contributed by atoms with Crippen LogP contribution in [-0.2, 0) is 6.18 Å². The Morgan fingerprint density at radius 3 is 2.72 bits per heavy atom. The lowest BCUT2D eigenvalue weighted by molar-refractivity contribution is -0.136. The van der Waals surface area contributed by atoms with E-state index < -0.39 is 29.1 Å². The first-order valence-electron chi connectivity index (χ1n) is 10.4. The Morgan fingerprint density at radius 1 is 1.31 bits per heavy atom. The zero-order valence-corrected chi connectivity index (χ0v) is 17.9. The summed E-state index contributed by atoms with van der Waals surface area (Å²) in [5.41, 5.74) is -0.433. The van der Waals surface area contributed by atoms with E-state index in [9.17, 15) is 22.8 Å². The fraction of sp³-hybridized carbons (Fsp3) is 0.455. The zero-order chi connectivity index (χ0) is 23.2. The monoisotopic (exact) mass is 448 g/mol. The van der Waals surface area contributed by atoms with Crippen LogP contribution in [0.4, 0.5) is 13.2 Å². The van der Waals surface area contributed by atoms with Gasteiger partial charge >= 0.3 is 6.18 Å². The van der Waals surface area contributed by atoms with Crippen LogP contribution in [0, 0.1) is 6.92 Å². The average molecular weight is 448 g/mol. The molecule has 3 aromatic heterocycles. The molecule has 1 aliphatic heterocycles. The van der Waals surface area contributed by atoms with E-state index in [2.05, 4.69) is 15.1 Å². The van der Waals surface area contributed by atoms with Crippen LogP contribution in [0.5, 0.6) is 0 Å². The van der Waals surface area contributed by atoms with Gasteiger partial charge in [0.25, 0.3) is 17.2 Å². The topological polar surface area (TPSA) is 92.1 Å². The van der Waals surface area contributed by atoms with Crippen LogP contribution in [0.1, 0.15) is 71.5 Å². The predicted octanol–water partition coefficient (Wildman–Crippen LogP) is 4.38. The minimum atomic E-state index is -4.60. The van der Waals surface area contributed by atoms with Gasteiger partial charge in [-0.25, -0.2) is 4.98 Å². The average Bonchev–Trinajstić information content (AvgIpc) is 3.12. The number of carbonyl (C=O) groups excluding carboxylic acids is 1. The molecule has 10 heteroatoms. The second-order valence-corrected chi connectivity index (χ2v) is 8.44. The second-order valence-electron chi connectivity index (χ2n) is 8.44. The van der Waals surface area contributed by atoms with Crippen LogP contribution < -0.4 is 5.56 Å². The van der Waals surface area contributed by atoms with Crippen LogP contribution >= 0.6 is 0 Å². The number of nitrogens with one attached hydrogen (secondary N) is 1. The molecule has 170 valence electrons. The van der Waals surface area contributed by atoms with E-state index in [4.69, 9.17) is 4.52 Å². The van der Waals surface area contributed by atoms with Crippen molar-refractivity contribution < 1.29 is 22.5 Å². The number of aryl methyl sites for hydroxylation is 1. The summed E-state index contributed by atoms with van der Waals surface area (Å²) in [4.78, 5) is 33.9. The van der Waals surface area contributed by atoms with E-state index in [1.54, 1.807) is 6.07 Å². The molecule has 0 spiro atoms. The van der Waals surface area contributed by atoms with Gasteiger partial charge in [0.1, 0.15) is 5.56 Å². The van der Waals surface area contributed by atoms with E-state index in [0.717, 1.165) is 11.8 Å². The minimum absolute atomic E-state index is 0.0142. The number of halogens is 3. The minimum Gasteiger partial charge on any atom is -0.338 e. The molecule has 0 saturated carbocycles. The number of pyridine rings is 2. The number of piperidine rings is 1. The number of H-pyrrole nitrogens is 1. The Bertz CT molecular complexity index is 1230. The number of aromatic nitrogens is 3. The molecular weight excluding hydrogens is 425 g/mol. The number of amides is 1. The summed E-state index contributed by atoms with van der Waals surface area (Å²) in [5.74, 6) is -0.758. The third kappa shape index (κ3) is 4.01. The molecule has 1 N–H and O–H groups in total. The maximum Gasteiger partial charge on any atom is 0.417 e. The Balaban J connectivity index is 1.64. The van der Waals surface area contributed by atoms with Gasteiger partial charge in [0, 0.05) is 24.7 Å². The molecule has 1 atom stereocenters. The smallest absolute Gasteiger partial charge is 0.338 e. The number of hydrogen-bond acceptors (Lipinski definition) is 5. The number of hydrogen-bond donors (Lipinski definition) is 1. The highest BCUT2D eigenvalue weighted by molar-refractivity contribution is 5.94. The molecule has 1 saturated heterocycles. The van der Waals surface area contributed by atoms with Crippen molar-refractivity contribution in [2.24, 2.45) is 0 Å². The number of alkyl halides is 3. The van der Waals surface area contributed by atoms with Crippen molar-refractivity contribution in [3.05, 3.63) is 56.8 Å². The lowest BCUT2D eigenvalue weighted by Crippen LogP contribution is -2.41. The molecule has 0 unspecified atom stereocenters. The molecule has 4 heterocycles. The van der Waals surface area contributed by atoms with E-state index >= 15 is 0 Å². The molecule has 3 aromatic rings. The molecule has 32 heavy (non-hydrogen) atoms. The third-order valence-electron chi connectivity index (χ3n) is 5.85. The Labute approximate surface area is 181 Å². The summed E-state index contributed by atoms with van der Waals surface area (Å²) in [6.07, 6.45) is -3.45. The van der Waals surface area contributed by atoms with Crippen molar-refractivity contribution in [1.29, 1.82) is 0 Å². The molecule has 0 radical (unpaired) electrons. The van der Waals surface area contributed by atoms with E-state index in [1.807, 2.05) is 13.8 Å². The van der Waals surface area contributed by atoms with Crippen molar-refractivity contribution in [1.82, 2.24) is 20.0 Å². The largest absolute Gasteiger partial charge is 0.417 e. The van der Waals surface area contributed by atoms with E-state index in [1.165, 1.54) is 17.9 Å². The molecule has 4 rings (SSSR count). The standard InChI is InChI=1S/C22H23F3N4O3/c1-11(2)16-7-6-14(19(30)26-16)21(31)29-8-4-5-13(10-29)17-9-15(22(23,24)25)18-12(3)28-32-20(18)27-17/h6-7,9,11,13H,4-5,8,10H2,1-3H3,(H,26,30)/t13-/m1/s1. The Hall–Kier alpha value is -3.17. The second kappa shape index (κ2) is 8.07. The van der Waals surface area contributed by atoms with Gasteiger partial charge in [0.2, 0.25) is 0 Å². The fourth-order valence-electron chi connectivity index (χ4n) is 4.11. The van der Waals surface area contributed by atoms with Gasteiger partial charge in [-0.2, -0.15) is 13.2 Å². The van der Waals surface area contributed by atoms with Gasteiger partial charge in [-0.05, 0) is 43.9 Å². The van der Waals surface area contributed by atoms with E-state index in [0.29, 0.717) is 19.4 Å². The number of likely N-dealkylation sites (tertiary alicyclic amines) is 1. The molecular formula is C22H23F3N4O3. The predicted molar refractivity (Wildman–Crippen MR) is 111 cm³/mol. The normalized spacial score (nSPS) is 17.3. The number of aromatic amines is 1. The van der Waals surface area contributed by atoms with Crippen LogP contribution in [0.3, 0.4) is 0 Å². The lowest BCUT2D eigenvalue weighted by atomic mass is 9.92. The van der Waals surface area contributed by atoms with Crippen molar-refractivity contribution in [2.75, 3.05) is 13.1 Å². The highest BCUT2D eigenvalue weighted by Crippen LogP contribution is 2.38. The first-order valence-corrected chi connectivity index (χ1v) is 10.4. The first-order chi connectivity index (χ1) is 15.1. The van der Waals surface area contributed by atoms with E-state index in [-0.39, 0.29) is 40.5 Å². The van der Waals surface area contributed by atoms with Gasteiger partial charge in [-0.1, -0.05) is 19.0 Å². The van der Waals surface area contributed by atoms with Crippen LogP contribution in [0.25, 0.3) is 11.1 Å². The fourth-order valence-corrected chi connectivity index (χ4v) is 4.11. The van der Waals surface area contributed by atoms with Gasteiger partial charge < -0.3 is 14.4 Å². The van der Waals surface area contributed by atoms with Gasteiger partial charge in [-0.15, -0.1) is 0 Å². The van der Waals surface area contributed by atoms with Crippen LogP contribution in [0.15, 0.2) is 27.5 Å². The molecule has 0 bridgehead atoms. The summed E-state index contributed by atoms with van der Waals surface area (Å²) in [5, 5.41) is 3.48. The van der Waals surface area contributed by atoms with Gasteiger partial charge in [-0.3, -0.25) is 9.59 Å². The number of nitrogens with zero attached hydrogens (tertiary/aromatic N) is 3. The lowest BCUT2D eigenvalue weighted by Gasteiger charge is -2.32. The molecule has 7 nitrogen and oxygen atoms in total. The van der Waals surface area contributed by atoms with Crippen molar-refractivity contribution in [3.8, 4) is 0 Å². The summed E-state index contributed by atoms with van der Waals surface area (Å²) in [6.45, 7) is 5.86. The first kappa shape index (κ1) is 22.0. The quantitative estimate of drug-likeness (QED) is 0.642. The van der Waals surface area contributed by atoms with Gasteiger partial charge in [0.05, 0.1) is 22.3 Å². The molecule has 0 aliphatic carbocycles. The zero-order valence-electron chi connectivity index (χ0n) is 17.9. The van der Waals surface area contributed by atoms with Crippen LogP contribution in [0.2, 0.25) is 0 Å². The van der Waals surface area contributed by atoms with Gasteiger partial charge in [0.15, 0.2) is 0 Å². The highest BCUT2D eigenvalue weighted by Gasteiger charge is 2.37. The Morgan fingerprint density at radius 2 is 2.06 bits per heavy atom. The van der Waals surface area contributed by atoms with Crippen LogP contribution in [-0.4, -0.2) is 39.0 Å². The Kier molecular flexibility index (Phi) is 5.56. The SMILES string of the molecule is Cc1noc2nc([C@@H]3CCCN(C(=O)c4ccc(C(C)C)[nH]c4=O)C3)cc(C(F)(F)F)c12. The van der Waals surface area contributed by atoms with Crippen molar-refractivity contribution in [3.63, 3.8) is 0 Å².